The van der Waals surface area contributed by atoms with E-state index in [4.69, 9.17) is 16.0 Å². The minimum absolute atomic E-state index is 0.256. The van der Waals surface area contributed by atoms with E-state index in [1.165, 1.54) is 0 Å². The van der Waals surface area contributed by atoms with E-state index in [0.29, 0.717) is 29.7 Å². The second kappa shape index (κ2) is 6.09. The van der Waals surface area contributed by atoms with Crippen molar-refractivity contribution in [1.82, 2.24) is 10.2 Å². The fourth-order valence-electron chi connectivity index (χ4n) is 1.83. The van der Waals surface area contributed by atoms with Crippen LogP contribution in [0.15, 0.2) is 4.42 Å². The molecule has 0 spiro atoms. The summed E-state index contributed by atoms with van der Waals surface area (Å²) >= 11 is 5.58. The van der Waals surface area contributed by atoms with Crippen LogP contribution in [0.2, 0.25) is 0 Å². The van der Waals surface area contributed by atoms with E-state index < -0.39 is 0 Å². The van der Waals surface area contributed by atoms with Crippen LogP contribution in [0.3, 0.4) is 0 Å². The van der Waals surface area contributed by atoms with Crippen LogP contribution in [0.1, 0.15) is 33.6 Å². The van der Waals surface area contributed by atoms with Gasteiger partial charge in [-0.1, -0.05) is 32.8 Å². The Morgan fingerprint density at radius 2 is 1.81 bits per heavy atom. The number of hydrogen-bond donors (Lipinski definition) is 1. The fourth-order valence-corrected chi connectivity index (χ4v) is 1.93. The first kappa shape index (κ1) is 13.3. The Bertz CT molecular complexity index is 304. The third-order valence-corrected chi connectivity index (χ3v) is 3.01. The molecule has 0 aliphatic rings. The van der Waals surface area contributed by atoms with E-state index >= 15 is 0 Å². The van der Waals surface area contributed by atoms with Gasteiger partial charge in [0.25, 0.3) is 0 Å². The molecule has 0 amide bonds. The average Bonchev–Trinajstić information content (AvgIpc) is 2.65. The van der Waals surface area contributed by atoms with Gasteiger partial charge in [-0.25, -0.2) is 0 Å². The maximum atomic E-state index is 5.58. The molecule has 4 nitrogen and oxygen atoms in total. The molecule has 1 heterocycles. The number of halogens is 1. The molecular weight excluding hydrogens is 226 g/mol. The summed E-state index contributed by atoms with van der Waals surface area (Å²) in [6.07, 6.45) is 0. The number of anilines is 1. The molecule has 0 saturated heterocycles. The maximum absolute atomic E-state index is 5.58. The van der Waals surface area contributed by atoms with Crippen LogP contribution in [-0.4, -0.2) is 16.7 Å². The molecule has 5 heteroatoms. The zero-order valence-electron chi connectivity index (χ0n) is 10.3. The number of aromatic nitrogens is 2. The number of nitrogens with one attached hydrogen (secondary N) is 1. The molecule has 0 aromatic carbocycles. The lowest BCUT2D eigenvalue weighted by Gasteiger charge is -2.24. The van der Waals surface area contributed by atoms with E-state index in [1.807, 2.05) is 0 Å². The van der Waals surface area contributed by atoms with Crippen LogP contribution in [0.4, 0.5) is 6.01 Å². The molecule has 1 rings (SSSR count). The zero-order valence-corrected chi connectivity index (χ0v) is 11.1. The molecule has 0 fully saturated rings. The van der Waals surface area contributed by atoms with E-state index in [2.05, 4.69) is 43.2 Å². The number of rotatable bonds is 6. The Labute approximate surface area is 102 Å². The van der Waals surface area contributed by atoms with Crippen LogP contribution >= 0.6 is 11.6 Å². The zero-order chi connectivity index (χ0) is 12.1. The molecule has 0 atom stereocenters. The molecule has 1 aromatic heterocycles. The molecule has 1 aromatic rings. The molecule has 0 bridgehead atoms. The maximum Gasteiger partial charge on any atom is 0.315 e. The number of hydrogen-bond acceptors (Lipinski definition) is 4. The second-order valence-corrected chi connectivity index (χ2v) is 4.93. The van der Waals surface area contributed by atoms with Crippen LogP contribution in [0.25, 0.3) is 0 Å². The quantitative estimate of drug-likeness (QED) is 0.783. The summed E-state index contributed by atoms with van der Waals surface area (Å²) in [4.78, 5) is 0. The van der Waals surface area contributed by atoms with Crippen molar-refractivity contribution in [2.24, 2.45) is 17.8 Å². The topological polar surface area (TPSA) is 51.0 Å². The molecule has 0 radical (unpaired) electrons. The van der Waals surface area contributed by atoms with Crippen molar-refractivity contribution in [2.45, 2.75) is 33.6 Å². The van der Waals surface area contributed by atoms with Crippen LogP contribution in [0.5, 0.6) is 0 Å². The number of alkyl halides is 1. The van der Waals surface area contributed by atoms with Gasteiger partial charge >= 0.3 is 6.01 Å². The first-order chi connectivity index (χ1) is 7.54. The largest absolute Gasteiger partial charge is 0.407 e. The highest BCUT2D eigenvalue weighted by Crippen LogP contribution is 2.21. The third-order valence-electron chi connectivity index (χ3n) is 2.78. The van der Waals surface area contributed by atoms with Gasteiger partial charge in [0.15, 0.2) is 0 Å². The Kier molecular flexibility index (Phi) is 5.06. The predicted octanol–water partition coefficient (Wildman–Crippen LogP) is 3.15. The van der Waals surface area contributed by atoms with E-state index in [9.17, 15) is 0 Å². The van der Waals surface area contributed by atoms with Crippen molar-refractivity contribution in [3.63, 3.8) is 0 Å². The van der Waals surface area contributed by atoms with Crippen molar-refractivity contribution >= 4 is 17.6 Å². The first-order valence-electron chi connectivity index (χ1n) is 5.66. The van der Waals surface area contributed by atoms with Gasteiger partial charge in [-0.15, -0.1) is 16.7 Å². The third kappa shape index (κ3) is 3.67. The smallest absolute Gasteiger partial charge is 0.315 e. The Morgan fingerprint density at radius 3 is 2.25 bits per heavy atom. The molecule has 1 N–H and O–H groups in total. The minimum atomic E-state index is 0.256. The van der Waals surface area contributed by atoms with Crippen LogP contribution < -0.4 is 5.32 Å². The Balaban J connectivity index is 2.48. The lowest BCUT2D eigenvalue weighted by Crippen LogP contribution is -2.24. The Morgan fingerprint density at radius 1 is 1.19 bits per heavy atom. The summed E-state index contributed by atoms with van der Waals surface area (Å²) in [5.41, 5.74) is 0. The molecule has 0 unspecified atom stereocenters. The molecule has 16 heavy (non-hydrogen) atoms. The normalized spacial score (nSPS) is 11.8. The SMILES string of the molecule is CC(C)C(CNc1nnc(CCl)o1)C(C)C. The highest BCUT2D eigenvalue weighted by atomic mass is 35.5. The first-order valence-corrected chi connectivity index (χ1v) is 6.20. The summed E-state index contributed by atoms with van der Waals surface area (Å²) in [6, 6.07) is 0.460. The average molecular weight is 246 g/mol. The van der Waals surface area contributed by atoms with Gasteiger partial charge in [-0.05, 0) is 17.8 Å². The summed E-state index contributed by atoms with van der Waals surface area (Å²) in [5, 5.41) is 10.8. The highest BCUT2D eigenvalue weighted by molar-refractivity contribution is 6.16. The van der Waals surface area contributed by atoms with Crippen molar-refractivity contribution in [1.29, 1.82) is 0 Å². The number of nitrogens with zero attached hydrogens (tertiary/aromatic N) is 2. The standard InChI is InChI=1S/C11H20ClN3O/c1-7(2)9(8(3)4)6-13-11-15-14-10(5-12)16-11/h7-9H,5-6H2,1-4H3,(H,13,15). The summed E-state index contributed by atoms with van der Waals surface area (Å²) in [5.74, 6) is 2.55. The Hall–Kier alpha value is -0.770. The predicted molar refractivity (Wildman–Crippen MR) is 65.5 cm³/mol. The molecular formula is C11H20ClN3O. The van der Waals surface area contributed by atoms with Gasteiger partial charge in [0.05, 0.1) is 0 Å². The molecule has 0 aliphatic heterocycles. The molecule has 0 saturated carbocycles. The van der Waals surface area contributed by atoms with Gasteiger partial charge in [-0.3, -0.25) is 0 Å². The van der Waals surface area contributed by atoms with E-state index in [0.717, 1.165) is 6.54 Å². The van der Waals surface area contributed by atoms with Gasteiger partial charge in [-0.2, -0.15) is 0 Å². The van der Waals surface area contributed by atoms with Gasteiger partial charge in [0, 0.05) is 6.54 Å². The summed E-state index contributed by atoms with van der Waals surface area (Å²) < 4.78 is 5.28. The van der Waals surface area contributed by atoms with Gasteiger partial charge < -0.3 is 9.73 Å². The van der Waals surface area contributed by atoms with Crippen LogP contribution in [-0.2, 0) is 5.88 Å². The monoisotopic (exact) mass is 245 g/mol. The van der Waals surface area contributed by atoms with Crippen molar-refractivity contribution in [3.05, 3.63) is 5.89 Å². The van der Waals surface area contributed by atoms with Crippen molar-refractivity contribution < 1.29 is 4.42 Å². The molecule has 0 aliphatic carbocycles. The van der Waals surface area contributed by atoms with Gasteiger partial charge in [0.1, 0.15) is 5.88 Å². The molecule has 92 valence electrons. The van der Waals surface area contributed by atoms with Crippen LogP contribution in [0, 0.1) is 17.8 Å². The van der Waals surface area contributed by atoms with Gasteiger partial charge in [0.2, 0.25) is 5.89 Å². The lowest BCUT2D eigenvalue weighted by molar-refractivity contribution is 0.302. The summed E-state index contributed by atoms with van der Waals surface area (Å²) in [7, 11) is 0. The second-order valence-electron chi connectivity index (χ2n) is 4.67. The highest BCUT2D eigenvalue weighted by Gasteiger charge is 2.18. The van der Waals surface area contributed by atoms with E-state index in [-0.39, 0.29) is 5.88 Å². The lowest BCUT2D eigenvalue weighted by atomic mass is 9.85. The van der Waals surface area contributed by atoms with E-state index in [1.54, 1.807) is 0 Å². The van der Waals surface area contributed by atoms with Crippen molar-refractivity contribution in [2.75, 3.05) is 11.9 Å². The fraction of sp³-hybridized carbons (Fsp3) is 0.818. The van der Waals surface area contributed by atoms with Crippen molar-refractivity contribution in [3.8, 4) is 0 Å². The minimum Gasteiger partial charge on any atom is -0.407 e. The summed E-state index contributed by atoms with van der Waals surface area (Å²) in [6.45, 7) is 9.75.